The van der Waals surface area contributed by atoms with Crippen LogP contribution in [0.5, 0.6) is 5.75 Å². The molecule has 2 saturated heterocycles. The maximum absolute atomic E-state index is 13.3. The lowest BCUT2D eigenvalue weighted by Crippen LogP contribution is -2.47. The Bertz CT molecular complexity index is 471. The van der Waals surface area contributed by atoms with E-state index in [-0.39, 0.29) is 5.02 Å². The largest absolute Gasteiger partial charge is 0.492 e. The van der Waals surface area contributed by atoms with Gasteiger partial charge < -0.3 is 4.74 Å². The standard InChI is InChI=1S/C15H19ClFNOS/c16-13-2-1-12(9-14(13)17)19-8-7-18-5-3-15(4-6-18)10-20-11-15/h1-2,9H,3-8,10-11H2. The van der Waals surface area contributed by atoms with E-state index in [2.05, 4.69) is 16.7 Å². The molecule has 1 aromatic carbocycles. The summed E-state index contributed by atoms with van der Waals surface area (Å²) in [5.41, 5.74) is 0.654. The fraction of sp³-hybridized carbons (Fsp3) is 0.600. The van der Waals surface area contributed by atoms with Crippen molar-refractivity contribution >= 4 is 23.4 Å². The molecule has 0 N–H and O–H groups in total. The molecular weight excluding hydrogens is 297 g/mol. The van der Waals surface area contributed by atoms with E-state index < -0.39 is 5.82 Å². The molecule has 2 heterocycles. The monoisotopic (exact) mass is 315 g/mol. The highest BCUT2D eigenvalue weighted by Crippen LogP contribution is 2.45. The maximum atomic E-state index is 13.3. The zero-order valence-electron chi connectivity index (χ0n) is 11.4. The molecule has 3 rings (SSSR count). The SMILES string of the molecule is Fc1cc(OCCN2CCC3(CC2)CSC3)ccc1Cl. The highest BCUT2D eigenvalue weighted by Gasteiger charge is 2.40. The van der Waals surface area contributed by atoms with E-state index in [0.29, 0.717) is 17.8 Å². The topological polar surface area (TPSA) is 12.5 Å². The van der Waals surface area contributed by atoms with E-state index in [4.69, 9.17) is 16.3 Å². The Morgan fingerprint density at radius 1 is 1.30 bits per heavy atom. The molecule has 1 spiro atoms. The van der Waals surface area contributed by atoms with Crippen molar-refractivity contribution in [2.24, 2.45) is 5.41 Å². The van der Waals surface area contributed by atoms with Crippen LogP contribution in [0.2, 0.25) is 5.02 Å². The van der Waals surface area contributed by atoms with Crippen LogP contribution in [0.4, 0.5) is 4.39 Å². The lowest BCUT2D eigenvalue weighted by Gasteiger charge is -2.47. The van der Waals surface area contributed by atoms with E-state index in [1.807, 2.05) is 0 Å². The van der Waals surface area contributed by atoms with Gasteiger partial charge in [0.05, 0.1) is 5.02 Å². The smallest absolute Gasteiger partial charge is 0.145 e. The fourth-order valence-electron chi connectivity index (χ4n) is 2.79. The molecule has 0 bridgehead atoms. The summed E-state index contributed by atoms with van der Waals surface area (Å²) in [5, 5.41) is 0.136. The van der Waals surface area contributed by atoms with Crippen LogP contribution in [0.3, 0.4) is 0 Å². The first-order chi connectivity index (χ1) is 9.67. The third kappa shape index (κ3) is 3.23. The van der Waals surface area contributed by atoms with Crippen molar-refractivity contribution in [3.05, 3.63) is 29.0 Å². The molecule has 2 nitrogen and oxygen atoms in total. The fourth-order valence-corrected chi connectivity index (χ4v) is 4.27. The molecule has 0 amide bonds. The zero-order valence-corrected chi connectivity index (χ0v) is 13.0. The number of halogens is 2. The van der Waals surface area contributed by atoms with Gasteiger partial charge in [0.25, 0.3) is 0 Å². The third-order valence-electron chi connectivity index (χ3n) is 4.30. The van der Waals surface area contributed by atoms with Crippen LogP contribution in [-0.2, 0) is 0 Å². The quantitative estimate of drug-likeness (QED) is 0.841. The number of rotatable bonds is 4. The molecule has 5 heteroatoms. The average molecular weight is 316 g/mol. The summed E-state index contributed by atoms with van der Waals surface area (Å²) in [6.45, 7) is 3.84. The van der Waals surface area contributed by atoms with Gasteiger partial charge in [0.2, 0.25) is 0 Å². The minimum Gasteiger partial charge on any atom is -0.492 e. The second-order valence-electron chi connectivity index (χ2n) is 5.76. The molecule has 2 fully saturated rings. The summed E-state index contributed by atoms with van der Waals surface area (Å²) in [4.78, 5) is 2.44. The normalized spacial score (nSPS) is 21.7. The van der Waals surface area contributed by atoms with Gasteiger partial charge >= 0.3 is 0 Å². The Labute approximate surface area is 128 Å². The second kappa shape index (κ2) is 6.12. The molecule has 0 radical (unpaired) electrons. The summed E-state index contributed by atoms with van der Waals surface area (Å²) < 4.78 is 18.9. The molecule has 0 unspecified atom stereocenters. The van der Waals surface area contributed by atoms with Crippen molar-refractivity contribution in [3.8, 4) is 5.75 Å². The van der Waals surface area contributed by atoms with Crippen molar-refractivity contribution in [2.75, 3.05) is 37.7 Å². The van der Waals surface area contributed by atoms with E-state index in [1.165, 1.54) is 49.6 Å². The first-order valence-electron chi connectivity index (χ1n) is 7.05. The van der Waals surface area contributed by atoms with E-state index in [9.17, 15) is 4.39 Å². The summed E-state index contributed by atoms with van der Waals surface area (Å²) in [7, 11) is 0. The van der Waals surface area contributed by atoms with E-state index in [0.717, 1.165) is 6.54 Å². The number of piperidine rings is 1. The number of hydrogen-bond acceptors (Lipinski definition) is 3. The molecule has 2 aliphatic heterocycles. The summed E-state index contributed by atoms with van der Waals surface area (Å²) in [6, 6.07) is 4.59. The van der Waals surface area contributed by atoms with Gasteiger partial charge in [0, 0.05) is 12.6 Å². The molecule has 110 valence electrons. The van der Waals surface area contributed by atoms with E-state index in [1.54, 1.807) is 6.07 Å². The lowest BCUT2D eigenvalue weighted by atomic mass is 9.81. The highest BCUT2D eigenvalue weighted by molar-refractivity contribution is 8.00. The van der Waals surface area contributed by atoms with Gasteiger partial charge in [-0.1, -0.05) is 11.6 Å². The number of thioether (sulfide) groups is 1. The number of ether oxygens (including phenoxy) is 1. The molecule has 2 aliphatic rings. The lowest BCUT2D eigenvalue weighted by molar-refractivity contribution is 0.115. The van der Waals surface area contributed by atoms with Crippen molar-refractivity contribution in [1.29, 1.82) is 0 Å². The molecule has 0 atom stereocenters. The zero-order chi connectivity index (χ0) is 14.0. The second-order valence-corrected chi connectivity index (χ2v) is 7.15. The first-order valence-corrected chi connectivity index (χ1v) is 8.58. The predicted octanol–water partition coefficient (Wildman–Crippen LogP) is 3.69. The van der Waals surface area contributed by atoms with Crippen molar-refractivity contribution in [2.45, 2.75) is 12.8 Å². The van der Waals surface area contributed by atoms with Crippen LogP contribution in [0.25, 0.3) is 0 Å². The third-order valence-corrected chi connectivity index (χ3v) is 6.24. The van der Waals surface area contributed by atoms with Gasteiger partial charge in [-0.05, 0) is 55.0 Å². The van der Waals surface area contributed by atoms with Crippen LogP contribution in [-0.4, -0.2) is 42.6 Å². The van der Waals surface area contributed by atoms with Gasteiger partial charge in [-0.2, -0.15) is 11.8 Å². The van der Waals surface area contributed by atoms with Crippen LogP contribution < -0.4 is 4.74 Å². The number of likely N-dealkylation sites (tertiary alicyclic amines) is 1. The van der Waals surface area contributed by atoms with Crippen LogP contribution >= 0.6 is 23.4 Å². The average Bonchev–Trinajstić information content (AvgIpc) is 2.42. The highest BCUT2D eigenvalue weighted by atomic mass is 35.5. The molecule has 20 heavy (non-hydrogen) atoms. The first kappa shape index (κ1) is 14.5. The number of nitrogens with zero attached hydrogens (tertiary/aromatic N) is 1. The Kier molecular flexibility index (Phi) is 4.43. The van der Waals surface area contributed by atoms with Gasteiger partial charge in [-0.15, -0.1) is 0 Å². The number of benzene rings is 1. The van der Waals surface area contributed by atoms with Gasteiger partial charge in [-0.3, -0.25) is 4.90 Å². The van der Waals surface area contributed by atoms with Crippen LogP contribution in [0, 0.1) is 11.2 Å². The Morgan fingerprint density at radius 2 is 2.05 bits per heavy atom. The maximum Gasteiger partial charge on any atom is 0.145 e. The minimum absolute atomic E-state index is 0.136. The van der Waals surface area contributed by atoms with Gasteiger partial charge in [0.15, 0.2) is 0 Å². The molecular formula is C15H19ClFNOS. The van der Waals surface area contributed by atoms with Crippen molar-refractivity contribution < 1.29 is 9.13 Å². The van der Waals surface area contributed by atoms with Crippen LogP contribution in [0.15, 0.2) is 18.2 Å². The molecule has 1 aromatic rings. The Morgan fingerprint density at radius 3 is 2.65 bits per heavy atom. The van der Waals surface area contributed by atoms with Gasteiger partial charge in [-0.25, -0.2) is 4.39 Å². The van der Waals surface area contributed by atoms with E-state index >= 15 is 0 Å². The van der Waals surface area contributed by atoms with Gasteiger partial charge in [0.1, 0.15) is 18.2 Å². The predicted molar refractivity (Wildman–Crippen MR) is 82.3 cm³/mol. The Hall–Kier alpha value is -0.450. The van der Waals surface area contributed by atoms with Crippen molar-refractivity contribution in [3.63, 3.8) is 0 Å². The number of hydrogen-bond donors (Lipinski definition) is 0. The molecule has 0 aliphatic carbocycles. The Balaban J connectivity index is 1.40. The summed E-state index contributed by atoms with van der Waals surface area (Å²) in [5.74, 6) is 2.82. The minimum atomic E-state index is -0.424. The van der Waals surface area contributed by atoms with Crippen LogP contribution in [0.1, 0.15) is 12.8 Å². The molecule has 0 saturated carbocycles. The summed E-state index contributed by atoms with van der Waals surface area (Å²) >= 11 is 7.71. The molecule has 0 aromatic heterocycles. The summed E-state index contributed by atoms with van der Waals surface area (Å²) in [6.07, 6.45) is 2.63. The van der Waals surface area contributed by atoms with Crippen molar-refractivity contribution in [1.82, 2.24) is 4.90 Å².